The summed E-state index contributed by atoms with van der Waals surface area (Å²) >= 11 is 5.68. The van der Waals surface area contributed by atoms with Gasteiger partial charge in [-0.1, -0.05) is 30.2 Å². The van der Waals surface area contributed by atoms with Gasteiger partial charge in [0.15, 0.2) is 0 Å². The summed E-state index contributed by atoms with van der Waals surface area (Å²) < 4.78 is 13.7. The summed E-state index contributed by atoms with van der Waals surface area (Å²) in [5.74, 6) is -0.979. The molecule has 0 bridgehead atoms. The number of rotatable bonds is 2. The Bertz CT molecular complexity index is 415. The molecular weight excluding hydrogens is 217 g/mol. The fraction of sp³-hybridized carbons (Fsp3) is 0.364. The monoisotopic (exact) mass is 227 g/mol. The van der Waals surface area contributed by atoms with Crippen LogP contribution in [0.2, 0.25) is 5.02 Å². The molecule has 1 aliphatic rings. The van der Waals surface area contributed by atoms with Crippen LogP contribution in [-0.2, 0) is 10.2 Å². The molecule has 1 amide bonds. The zero-order chi connectivity index (χ0) is 11.1. The lowest BCUT2D eigenvalue weighted by Crippen LogP contribution is -2.47. The van der Waals surface area contributed by atoms with Gasteiger partial charge in [0.1, 0.15) is 5.82 Å². The molecule has 80 valence electrons. The second-order valence-corrected chi connectivity index (χ2v) is 4.31. The van der Waals surface area contributed by atoms with Gasteiger partial charge >= 0.3 is 0 Å². The highest BCUT2D eigenvalue weighted by Gasteiger charge is 2.46. The number of carbonyl (C=O) groups is 1. The van der Waals surface area contributed by atoms with E-state index in [-0.39, 0.29) is 5.02 Å². The summed E-state index contributed by atoms with van der Waals surface area (Å²) in [5, 5.41) is 0.0417. The molecule has 0 atom stereocenters. The van der Waals surface area contributed by atoms with E-state index in [2.05, 4.69) is 0 Å². The zero-order valence-corrected chi connectivity index (χ0v) is 8.85. The Morgan fingerprint density at radius 1 is 1.47 bits per heavy atom. The van der Waals surface area contributed by atoms with E-state index in [9.17, 15) is 9.18 Å². The standard InChI is InChI=1S/C11H11ClFNO/c12-8-4-1-3-7(9(8)13)11(10(14)15)5-2-6-11/h1,3-4H,2,5-6H2,(H2,14,15). The first-order chi connectivity index (χ1) is 7.08. The van der Waals surface area contributed by atoms with Crippen LogP contribution in [0.5, 0.6) is 0 Å². The molecule has 1 aliphatic carbocycles. The van der Waals surface area contributed by atoms with E-state index in [0.29, 0.717) is 18.4 Å². The van der Waals surface area contributed by atoms with E-state index < -0.39 is 17.1 Å². The van der Waals surface area contributed by atoms with Crippen molar-refractivity contribution in [3.8, 4) is 0 Å². The number of benzene rings is 1. The highest BCUT2D eigenvalue weighted by Crippen LogP contribution is 2.45. The van der Waals surface area contributed by atoms with Crippen molar-refractivity contribution in [2.45, 2.75) is 24.7 Å². The molecule has 2 rings (SSSR count). The first-order valence-corrected chi connectivity index (χ1v) is 5.20. The predicted octanol–water partition coefficient (Wildman–Crippen LogP) is 2.39. The molecule has 0 heterocycles. The summed E-state index contributed by atoms with van der Waals surface area (Å²) in [6.45, 7) is 0. The first kappa shape index (κ1) is 10.4. The van der Waals surface area contributed by atoms with E-state index >= 15 is 0 Å². The van der Waals surface area contributed by atoms with E-state index in [1.807, 2.05) is 0 Å². The molecule has 0 radical (unpaired) electrons. The third kappa shape index (κ3) is 1.42. The number of nitrogens with two attached hydrogens (primary N) is 1. The normalized spacial score (nSPS) is 18.3. The summed E-state index contributed by atoms with van der Waals surface area (Å²) in [4.78, 5) is 11.4. The minimum atomic E-state index is -0.824. The van der Waals surface area contributed by atoms with Crippen LogP contribution < -0.4 is 5.73 Å². The third-order valence-electron chi connectivity index (χ3n) is 3.15. The van der Waals surface area contributed by atoms with Crippen LogP contribution in [0.4, 0.5) is 4.39 Å². The Labute approximate surface area is 92.2 Å². The van der Waals surface area contributed by atoms with Gasteiger partial charge in [-0.15, -0.1) is 0 Å². The maximum absolute atomic E-state index is 13.7. The van der Waals surface area contributed by atoms with Crippen LogP contribution in [0, 0.1) is 5.82 Å². The van der Waals surface area contributed by atoms with Crippen molar-refractivity contribution >= 4 is 17.5 Å². The Balaban J connectivity index is 2.53. The van der Waals surface area contributed by atoms with Gasteiger partial charge in [0.25, 0.3) is 0 Å². The second-order valence-electron chi connectivity index (χ2n) is 3.90. The molecule has 1 fully saturated rings. The van der Waals surface area contributed by atoms with Gasteiger partial charge in [0, 0.05) is 5.56 Å². The molecular formula is C11H11ClFNO. The molecule has 0 spiro atoms. The number of primary amides is 1. The zero-order valence-electron chi connectivity index (χ0n) is 8.09. The Kier molecular flexibility index (Phi) is 2.43. The molecule has 0 aromatic heterocycles. The van der Waals surface area contributed by atoms with Crippen molar-refractivity contribution in [3.63, 3.8) is 0 Å². The molecule has 1 saturated carbocycles. The lowest BCUT2D eigenvalue weighted by molar-refractivity contribution is -0.126. The van der Waals surface area contributed by atoms with Gasteiger partial charge in [-0.2, -0.15) is 0 Å². The van der Waals surface area contributed by atoms with Gasteiger partial charge in [-0.3, -0.25) is 4.79 Å². The largest absolute Gasteiger partial charge is 0.369 e. The molecule has 0 aliphatic heterocycles. The van der Waals surface area contributed by atoms with Gasteiger partial charge in [-0.05, 0) is 18.9 Å². The topological polar surface area (TPSA) is 43.1 Å². The molecule has 0 saturated heterocycles. The van der Waals surface area contributed by atoms with Crippen LogP contribution in [0.1, 0.15) is 24.8 Å². The minimum absolute atomic E-state index is 0.0417. The van der Waals surface area contributed by atoms with Crippen molar-refractivity contribution in [2.75, 3.05) is 0 Å². The van der Waals surface area contributed by atoms with Crippen molar-refractivity contribution in [2.24, 2.45) is 5.73 Å². The van der Waals surface area contributed by atoms with Crippen molar-refractivity contribution < 1.29 is 9.18 Å². The van der Waals surface area contributed by atoms with Crippen LogP contribution in [-0.4, -0.2) is 5.91 Å². The van der Waals surface area contributed by atoms with E-state index in [1.165, 1.54) is 6.07 Å². The Morgan fingerprint density at radius 3 is 2.60 bits per heavy atom. The van der Waals surface area contributed by atoms with E-state index in [0.717, 1.165) is 6.42 Å². The number of amides is 1. The van der Waals surface area contributed by atoms with Crippen LogP contribution in [0.15, 0.2) is 18.2 Å². The SMILES string of the molecule is NC(=O)C1(c2cccc(Cl)c2F)CCC1. The van der Waals surface area contributed by atoms with Gasteiger partial charge in [-0.25, -0.2) is 4.39 Å². The van der Waals surface area contributed by atoms with Gasteiger partial charge in [0.05, 0.1) is 10.4 Å². The second kappa shape index (κ2) is 3.49. The summed E-state index contributed by atoms with van der Waals surface area (Å²) in [6.07, 6.45) is 2.12. The van der Waals surface area contributed by atoms with Gasteiger partial charge < -0.3 is 5.73 Å². The summed E-state index contributed by atoms with van der Waals surface area (Å²) in [6, 6.07) is 4.70. The smallest absolute Gasteiger partial charge is 0.228 e. The van der Waals surface area contributed by atoms with E-state index in [4.69, 9.17) is 17.3 Å². The maximum Gasteiger partial charge on any atom is 0.228 e. The van der Waals surface area contributed by atoms with Crippen molar-refractivity contribution in [3.05, 3.63) is 34.6 Å². The maximum atomic E-state index is 13.7. The fourth-order valence-corrected chi connectivity index (χ4v) is 2.23. The van der Waals surface area contributed by atoms with Crippen LogP contribution in [0.3, 0.4) is 0 Å². The molecule has 15 heavy (non-hydrogen) atoms. The number of carbonyl (C=O) groups excluding carboxylic acids is 1. The number of hydrogen-bond donors (Lipinski definition) is 1. The molecule has 0 unspecified atom stereocenters. The predicted molar refractivity (Wildman–Crippen MR) is 56.1 cm³/mol. The first-order valence-electron chi connectivity index (χ1n) is 4.82. The highest BCUT2D eigenvalue weighted by molar-refractivity contribution is 6.30. The molecule has 1 aromatic carbocycles. The fourth-order valence-electron chi connectivity index (χ4n) is 2.05. The van der Waals surface area contributed by atoms with Crippen LogP contribution in [0.25, 0.3) is 0 Å². The lowest BCUT2D eigenvalue weighted by atomic mass is 9.64. The Hall–Kier alpha value is -1.09. The van der Waals surface area contributed by atoms with E-state index in [1.54, 1.807) is 12.1 Å². The highest BCUT2D eigenvalue weighted by atomic mass is 35.5. The average molecular weight is 228 g/mol. The average Bonchev–Trinajstić information content (AvgIpc) is 2.09. The molecule has 2 N–H and O–H groups in total. The number of hydrogen-bond acceptors (Lipinski definition) is 1. The lowest BCUT2D eigenvalue weighted by Gasteiger charge is -2.39. The summed E-state index contributed by atoms with van der Waals surface area (Å²) in [7, 11) is 0. The summed E-state index contributed by atoms with van der Waals surface area (Å²) in [5.41, 5.74) is 4.85. The van der Waals surface area contributed by atoms with Crippen LogP contribution >= 0.6 is 11.6 Å². The van der Waals surface area contributed by atoms with Crippen molar-refractivity contribution in [1.29, 1.82) is 0 Å². The quantitative estimate of drug-likeness (QED) is 0.828. The third-order valence-corrected chi connectivity index (χ3v) is 3.44. The van der Waals surface area contributed by atoms with Crippen molar-refractivity contribution in [1.82, 2.24) is 0 Å². The number of halogens is 2. The minimum Gasteiger partial charge on any atom is -0.369 e. The molecule has 2 nitrogen and oxygen atoms in total. The molecule has 4 heteroatoms. The molecule has 1 aromatic rings. The Morgan fingerprint density at radius 2 is 2.13 bits per heavy atom. The van der Waals surface area contributed by atoms with Gasteiger partial charge in [0.2, 0.25) is 5.91 Å².